The number of rotatable bonds is 12. The average molecular weight is 417 g/mol. The van der Waals surface area contributed by atoms with Crippen LogP contribution in [0.4, 0.5) is 0 Å². The molecule has 0 aromatic heterocycles. The summed E-state index contributed by atoms with van der Waals surface area (Å²) in [6.45, 7) is 5.84. The van der Waals surface area contributed by atoms with E-state index in [9.17, 15) is 29.1 Å². The number of nitrogens with two attached hydrogens (primary N) is 2. The Labute approximate surface area is 168 Å². The van der Waals surface area contributed by atoms with Crippen LogP contribution in [-0.4, -0.2) is 70.1 Å². The van der Waals surface area contributed by atoms with Crippen LogP contribution in [0.1, 0.15) is 40.5 Å². The van der Waals surface area contributed by atoms with Crippen molar-refractivity contribution in [1.82, 2.24) is 16.0 Å². The normalized spacial score (nSPS) is 16.1. The third-order valence-electron chi connectivity index (χ3n) is 4.11. The quantitative estimate of drug-likeness (QED) is 0.175. The second kappa shape index (κ2) is 12.0. The molecule has 12 nitrogen and oxygen atoms in total. The lowest BCUT2D eigenvalue weighted by Crippen LogP contribution is -2.59. The molecule has 4 amide bonds. The minimum atomic E-state index is -1.31. The number of aliphatic hydroxyl groups excluding tert-OH is 1. The number of hydrogen-bond donors (Lipinski definition) is 7. The molecule has 0 radical (unpaired) electrons. The molecule has 5 unspecified atom stereocenters. The van der Waals surface area contributed by atoms with Gasteiger partial charge in [-0.05, 0) is 26.2 Å². The van der Waals surface area contributed by atoms with Crippen LogP contribution < -0.4 is 27.4 Å². The second-order valence-corrected chi connectivity index (χ2v) is 7.13. The topological polar surface area (TPSA) is 214 Å². The van der Waals surface area contributed by atoms with Gasteiger partial charge in [-0.15, -0.1) is 0 Å². The van der Waals surface area contributed by atoms with Gasteiger partial charge in [0.25, 0.3) is 0 Å². The molecule has 0 saturated carbocycles. The highest BCUT2D eigenvalue weighted by Gasteiger charge is 2.31. The first-order valence-corrected chi connectivity index (χ1v) is 9.13. The van der Waals surface area contributed by atoms with E-state index in [1.165, 1.54) is 13.8 Å². The Kier molecular flexibility index (Phi) is 10.8. The predicted octanol–water partition coefficient (Wildman–Crippen LogP) is -2.83. The van der Waals surface area contributed by atoms with Crippen molar-refractivity contribution in [2.24, 2.45) is 17.4 Å². The van der Waals surface area contributed by atoms with Gasteiger partial charge in [-0.25, -0.2) is 0 Å². The number of nitrogens with one attached hydrogen (secondary N) is 3. The van der Waals surface area contributed by atoms with E-state index < -0.39 is 65.8 Å². The lowest BCUT2D eigenvalue weighted by Gasteiger charge is -2.26. The molecule has 0 aliphatic heterocycles. The van der Waals surface area contributed by atoms with Gasteiger partial charge in [0.15, 0.2) is 0 Å². The highest BCUT2D eigenvalue weighted by molar-refractivity contribution is 5.94. The fourth-order valence-corrected chi connectivity index (χ4v) is 2.20. The molecule has 0 aliphatic rings. The summed E-state index contributed by atoms with van der Waals surface area (Å²) in [6.07, 6.45) is -1.56. The van der Waals surface area contributed by atoms with Crippen LogP contribution >= 0.6 is 0 Å². The predicted molar refractivity (Wildman–Crippen MR) is 102 cm³/mol. The van der Waals surface area contributed by atoms with Gasteiger partial charge in [-0.1, -0.05) is 13.8 Å². The maximum Gasteiger partial charge on any atom is 0.325 e. The molecular formula is C17H31N5O7. The minimum Gasteiger partial charge on any atom is -0.480 e. The largest absolute Gasteiger partial charge is 0.480 e. The number of carbonyl (C=O) groups excluding carboxylic acids is 4. The lowest BCUT2D eigenvalue weighted by atomic mass is 10.0. The Morgan fingerprint density at radius 3 is 1.86 bits per heavy atom. The van der Waals surface area contributed by atoms with Crippen LogP contribution in [0.2, 0.25) is 0 Å². The molecule has 0 saturated heterocycles. The molecule has 0 aromatic carbocycles. The minimum absolute atomic E-state index is 0.155. The summed E-state index contributed by atoms with van der Waals surface area (Å²) in [7, 11) is 0. The van der Waals surface area contributed by atoms with Gasteiger partial charge in [0.1, 0.15) is 24.2 Å². The van der Waals surface area contributed by atoms with E-state index >= 15 is 0 Å². The molecule has 0 bridgehead atoms. The molecule has 0 fully saturated rings. The number of hydrogen-bond acceptors (Lipinski definition) is 7. The smallest absolute Gasteiger partial charge is 0.325 e. The van der Waals surface area contributed by atoms with E-state index in [1.54, 1.807) is 13.8 Å². The van der Waals surface area contributed by atoms with Crippen molar-refractivity contribution in [1.29, 1.82) is 0 Å². The number of aliphatic hydroxyl groups is 1. The van der Waals surface area contributed by atoms with Crippen LogP contribution in [-0.2, 0) is 24.0 Å². The zero-order chi connectivity index (χ0) is 22.9. The Morgan fingerprint density at radius 2 is 1.45 bits per heavy atom. The number of carbonyl (C=O) groups is 5. The van der Waals surface area contributed by atoms with Crippen molar-refractivity contribution < 1.29 is 34.2 Å². The van der Waals surface area contributed by atoms with E-state index in [4.69, 9.17) is 16.6 Å². The highest BCUT2D eigenvalue weighted by atomic mass is 16.4. The summed E-state index contributed by atoms with van der Waals surface area (Å²) < 4.78 is 0. The Balaban J connectivity index is 5.35. The van der Waals surface area contributed by atoms with Crippen molar-refractivity contribution in [2.75, 3.05) is 0 Å². The molecule has 0 aliphatic carbocycles. The standard InChI is InChI=1S/C17H31N5O7/c1-7(2)13(16(27)20-8(3)17(28)29)22-14(25)10(5-6-11(18)24)21-15(26)12(19)9(4)23/h7-10,12-13,23H,5-6,19H2,1-4H3,(H2,18,24)(H,20,27)(H,21,26)(H,22,25)(H,28,29). The molecule has 0 rings (SSSR count). The number of aliphatic carboxylic acids is 1. The van der Waals surface area contributed by atoms with Crippen molar-refractivity contribution in [2.45, 2.75) is 70.8 Å². The molecular weight excluding hydrogens is 386 g/mol. The molecule has 0 spiro atoms. The average Bonchev–Trinajstić information content (AvgIpc) is 2.60. The van der Waals surface area contributed by atoms with Gasteiger partial charge in [0.05, 0.1) is 6.10 Å². The van der Waals surface area contributed by atoms with Gasteiger partial charge < -0.3 is 37.6 Å². The van der Waals surface area contributed by atoms with Crippen LogP contribution in [0.25, 0.3) is 0 Å². The summed E-state index contributed by atoms with van der Waals surface area (Å²) in [5.74, 6) is -4.68. The summed E-state index contributed by atoms with van der Waals surface area (Å²) in [5.41, 5.74) is 10.6. The summed E-state index contributed by atoms with van der Waals surface area (Å²) >= 11 is 0. The molecule has 29 heavy (non-hydrogen) atoms. The number of primary amides is 1. The Hall–Kier alpha value is -2.73. The first kappa shape index (κ1) is 26.3. The summed E-state index contributed by atoms with van der Waals surface area (Å²) in [5, 5.41) is 25.4. The van der Waals surface area contributed by atoms with Gasteiger partial charge in [0, 0.05) is 6.42 Å². The van der Waals surface area contributed by atoms with E-state index in [2.05, 4.69) is 16.0 Å². The summed E-state index contributed by atoms with van der Waals surface area (Å²) in [6, 6.07) is -4.82. The van der Waals surface area contributed by atoms with E-state index in [0.29, 0.717) is 0 Å². The van der Waals surface area contributed by atoms with Crippen molar-refractivity contribution in [3.63, 3.8) is 0 Å². The lowest BCUT2D eigenvalue weighted by molar-refractivity contribution is -0.142. The molecule has 166 valence electrons. The van der Waals surface area contributed by atoms with Crippen molar-refractivity contribution >= 4 is 29.6 Å². The maximum absolute atomic E-state index is 12.6. The van der Waals surface area contributed by atoms with Gasteiger partial charge >= 0.3 is 5.97 Å². The SMILES string of the molecule is CC(NC(=O)C(NC(=O)C(CCC(N)=O)NC(=O)C(N)C(C)O)C(C)C)C(=O)O. The Morgan fingerprint density at radius 1 is 0.897 bits per heavy atom. The second-order valence-electron chi connectivity index (χ2n) is 7.13. The molecule has 0 aromatic rings. The summed E-state index contributed by atoms with van der Waals surface area (Å²) in [4.78, 5) is 59.1. The third kappa shape index (κ3) is 9.34. The van der Waals surface area contributed by atoms with E-state index in [1.807, 2.05) is 0 Å². The van der Waals surface area contributed by atoms with Gasteiger partial charge in [-0.2, -0.15) is 0 Å². The zero-order valence-electron chi connectivity index (χ0n) is 17.0. The van der Waals surface area contributed by atoms with Crippen molar-refractivity contribution in [3.05, 3.63) is 0 Å². The van der Waals surface area contributed by atoms with Gasteiger partial charge in [0.2, 0.25) is 23.6 Å². The van der Waals surface area contributed by atoms with Crippen LogP contribution in [0.5, 0.6) is 0 Å². The molecule has 5 atom stereocenters. The monoisotopic (exact) mass is 417 g/mol. The molecule has 12 heteroatoms. The molecule has 9 N–H and O–H groups in total. The fraction of sp³-hybridized carbons (Fsp3) is 0.706. The number of amides is 4. The van der Waals surface area contributed by atoms with E-state index in [0.717, 1.165) is 0 Å². The van der Waals surface area contributed by atoms with Gasteiger partial charge in [-0.3, -0.25) is 24.0 Å². The molecule has 0 heterocycles. The highest BCUT2D eigenvalue weighted by Crippen LogP contribution is 2.06. The Bertz CT molecular complexity index is 623. The van der Waals surface area contributed by atoms with E-state index in [-0.39, 0.29) is 12.8 Å². The third-order valence-corrected chi connectivity index (χ3v) is 4.11. The zero-order valence-corrected chi connectivity index (χ0v) is 17.0. The fourth-order valence-electron chi connectivity index (χ4n) is 2.20. The van der Waals surface area contributed by atoms with Crippen LogP contribution in [0.15, 0.2) is 0 Å². The number of carboxylic acids is 1. The number of carboxylic acid groups (broad SMARTS) is 1. The first-order chi connectivity index (χ1) is 13.3. The van der Waals surface area contributed by atoms with Crippen molar-refractivity contribution in [3.8, 4) is 0 Å². The first-order valence-electron chi connectivity index (χ1n) is 9.13. The maximum atomic E-state index is 12.6. The van der Waals surface area contributed by atoms with Crippen LogP contribution in [0, 0.1) is 5.92 Å². The van der Waals surface area contributed by atoms with Crippen LogP contribution in [0.3, 0.4) is 0 Å².